The molecule has 2 aromatic carbocycles. The van der Waals surface area contributed by atoms with Crippen LogP contribution in [-0.4, -0.2) is 15.1 Å². The van der Waals surface area contributed by atoms with Gasteiger partial charge in [-0.2, -0.15) is 0 Å². The van der Waals surface area contributed by atoms with Gasteiger partial charge in [0.1, 0.15) is 5.75 Å². The molecule has 1 aromatic heterocycles. The van der Waals surface area contributed by atoms with E-state index in [-0.39, 0.29) is 5.75 Å². The Bertz CT molecular complexity index is 894. The molecule has 0 aliphatic carbocycles. The normalized spacial score (nSPS) is 10.7. The molecule has 0 unspecified atom stereocenters. The molecule has 0 saturated carbocycles. The van der Waals surface area contributed by atoms with E-state index in [4.69, 9.17) is 0 Å². The zero-order chi connectivity index (χ0) is 14.8. The highest BCUT2D eigenvalue weighted by Crippen LogP contribution is 2.16. The molecule has 0 aliphatic rings. The average molecular weight is 283 g/mol. The third-order valence-electron chi connectivity index (χ3n) is 3.16. The number of fused-ring (bicyclic) bond motifs is 1. The van der Waals surface area contributed by atoms with Crippen LogP contribution in [0.4, 0.5) is 5.69 Å². The lowest BCUT2D eigenvalue weighted by molar-refractivity contribution is 0.475. The second-order valence-corrected chi connectivity index (χ2v) is 4.69. The van der Waals surface area contributed by atoms with Gasteiger partial charge in [-0.05, 0) is 35.9 Å². The van der Waals surface area contributed by atoms with Crippen molar-refractivity contribution in [2.45, 2.75) is 6.54 Å². The highest BCUT2D eigenvalue weighted by Gasteiger charge is 2.01. The number of phenols is 1. The van der Waals surface area contributed by atoms with E-state index in [0.717, 1.165) is 11.3 Å². The van der Waals surface area contributed by atoms with Gasteiger partial charge >= 0.3 is 11.1 Å². The highest BCUT2D eigenvalue weighted by molar-refractivity contribution is 5.78. The number of phenolic OH excluding ortho intramolecular Hbond substituents is 1. The van der Waals surface area contributed by atoms with Gasteiger partial charge in [-0.3, -0.25) is 9.59 Å². The zero-order valence-corrected chi connectivity index (χ0v) is 11.0. The number of aromatic hydroxyl groups is 1. The minimum Gasteiger partial charge on any atom is -0.508 e. The summed E-state index contributed by atoms with van der Waals surface area (Å²) in [5.41, 5.74) is 1.65. The molecule has 6 nitrogen and oxygen atoms in total. The third-order valence-corrected chi connectivity index (χ3v) is 3.16. The molecular formula is C15H13N3O3. The minimum absolute atomic E-state index is 0.228. The van der Waals surface area contributed by atoms with Crippen molar-refractivity contribution >= 4 is 16.7 Å². The zero-order valence-electron chi connectivity index (χ0n) is 11.0. The van der Waals surface area contributed by atoms with Gasteiger partial charge in [0.2, 0.25) is 0 Å². The van der Waals surface area contributed by atoms with Crippen molar-refractivity contribution in [3.05, 3.63) is 68.7 Å². The van der Waals surface area contributed by atoms with Crippen molar-refractivity contribution < 1.29 is 5.11 Å². The Morgan fingerprint density at radius 2 is 1.57 bits per heavy atom. The molecule has 0 amide bonds. The summed E-state index contributed by atoms with van der Waals surface area (Å²) in [7, 11) is 0. The lowest BCUT2D eigenvalue weighted by Gasteiger charge is -2.07. The molecule has 0 atom stereocenters. The summed E-state index contributed by atoms with van der Waals surface area (Å²) < 4.78 is 0. The summed E-state index contributed by atoms with van der Waals surface area (Å²) in [5.74, 6) is 0.228. The number of aromatic amines is 2. The van der Waals surface area contributed by atoms with Gasteiger partial charge in [0.25, 0.3) is 0 Å². The first-order valence-electron chi connectivity index (χ1n) is 6.40. The maximum atomic E-state index is 11.3. The molecule has 0 aliphatic heterocycles. The molecule has 3 aromatic rings. The highest BCUT2D eigenvalue weighted by atomic mass is 16.3. The van der Waals surface area contributed by atoms with Crippen molar-refractivity contribution in [1.82, 2.24) is 9.97 Å². The van der Waals surface area contributed by atoms with Crippen LogP contribution in [0.25, 0.3) is 11.0 Å². The van der Waals surface area contributed by atoms with Gasteiger partial charge in [-0.15, -0.1) is 0 Å². The molecule has 3 rings (SSSR count). The molecular weight excluding hydrogens is 270 g/mol. The summed E-state index contributed by atoms with van der Waals surface area (Å²) in [6.07, 6.45) is 0. The van der Waals surface area contributed by atoms with Gasteiger partial charge in [0.05, 0.1) is 11.0 Å². The topological polar surface area (TPSA) is 98.0 Å². The van der Waals surface area contributed by atoms with Crippen LogP contribution in [0.5, 0.6) is 5.75 Å². The smallest absolute Gasteiger partial charge is 0.314 e. The van der Waals surface area contributed by atoms with E-state index in [2.05, 4.69) is 15.3 Å². The SMILES string of the molecule is O=c1[nH]c2ccc(NCc3ccc(O)cc3)cc2[nH]c1=O. The fourth-order valence-electron chi connectivity index (χ4n) is 2.04. The summed E-state index contributed by atoms with van der Waals surface area (Å²) in [5, 5.41) is 12.4. The summed E-state index contributed by atoms with van der Waals surface area (Å²) in [4.78, 5) is 27.6. The Morgan fingerprint density at radius 3 is 2.29 bits per heavy atom. The number of nitrogens with one attached hydrogen (secondary N) is 3. The number of anilines is 1. The Morgan fingerprint density at radius 1 is 0.905 bits per heavy atom. The molecule has 1 heterocycles. The lowest BCUT2D eigenvalue weighted by atomic mass is 10.2. The second-order valence-electron chi connectivity index (χ2n) is 4.69. The van der Waals surface area contributed by atoms with E-state index in [1.54, 1.807) is 24.3 Å². The van der Waals surface area contributed by atoms with Crippen LogP contribution in [-0.2, 0) is 6.54 Å². The summed E-state index contributed by atoms with van der Waals surface area (Å²) >= 11 is 0. The largest absolute Gasteiger partial charge is 0.508 e. The molecule has 0 spiro atoms. The number of benzene rings is 2. The predicted molar refractivity (Wildman–Crippen MR) is 80.6 cm³/mol. The van der Waals surface area contributed by atoms with E-state index < -0.39 is 11.1 Å². The molecule has 4 N–H and O–H groups in total. The summed E-state index contributed by atoms with van der Waals surface area (Å²) in [6, 6.07) is 12.2. The number of hydrogen-bond acceptors (Lipinski definition) is 4. The fourth-order valence-corrected chi connectivity index (χ4v) is 2.04. The number of H-pyrrole nitrogens is 2. The maximum absolute atomic E-state index is 11.3. The van der Waals surface area contributed by atoms with E-state index in [1.165, 1.54) is 0 Å². The van der Waals surface area contributed by atoms with Crippen LogP contribution in [0.2, 0.25) is 0 Å². The second kappa shape index (κ2) is 5.16. The first-order valence-corrected chi connectivity index (χ1v) is 6.40. The molecule has 0 radical (unpaired) electrons. The fraction of sp³-hybridized carbons (Fsp3) is 0.0667. The number of rotatable bonds is 3. The summed E-state index contributed by atoms with van der Waals surface area (Å²) in [6.45, 7) is 0.583. The van der Waals surface area contributed by atoms with Gasteiger partial charge in [-0.1, -0.05) is 12.1 Å². The number of hydrogen-bond donors (Lipinski definition) is 4. The van der Waals surface area contributed by atoms with Crippen LogP contribution in [0.3, 0.4) is 0 Å². The molecule has 21 heavy (non-hydrogen) atoms. The Hall–Kier alpha value is -3.02. The van der Waals surface area contributed by atoms with Gasteiger partial charge in [-0.25, -0.2) is 0 Å². The third kappa shape index (κ3) is 2.79. The number of aromatic nitrogens is 2. The monoisotopic (exact) mass is 283 g/mol. The van der Waals surface area contributed by atoms with E-state index in [9.17, 15) is 14.7 Å². The Balaban J connectivity index is 1.84. The van der Waals surface area contributed by atoms with Crippen molar-refractivity contribution in [3.8, 4) is 5.75 Å². The average Bonchev–Trinajstić information content (AvgIpc) is 2.48. The quantitative estimate of drug-likeness (QED) is 0.548. The van der Waals surface area contributed by atoms with Crippen LogP contribution in [0.1, 0.15) is 5.56 Å². The minimum atomic E-state index is -0.668. The first kappa shape index (κ1) is 13.0. The van der Waals surface area contributed by atoms with Gasteiger partial charge < -0.3 is 20.4 Å². The van der Waals surface area contributed by atoms with Crippen molar-refractivity contribution in [1.29, 1.82) is 0 Å². The van der Waals surface area contributed by atoms with Crippen LogP contribution < -0.4 is 16.4 Å². The van der Waals surface area contributed by atoms with E-state index in [0.29, 0.717) is 17.6 Å². The predicted octanol–water partition coefficient (Wildman–Crippen LogP) is 1.53. The van der Waals surface area contributed by atoms with Crippen LogP contribution >= 0.6 is 0 Å². The van der Waals surface area contributed by atoms with Gasteiger partial charge in [0, 0.05) is 12.2 Å². The lowest BCUT2D eigenvalue weighted by Crippen LogP contribution is -2.28. The maximum Gasteiger partial charge on any atom is 0.314 e. The van der Waals surface area contributed by atoms with Gasteiger partial charge in [0.15, 0.2) is 0 Å². The molecule has 6 heteroatoms. The standard InChI is InChI=1S/C15H13N3O3/c19-11-4-1-9(2-5-11)8-16-10-3-6-12-13(7-10)18-15(21)14(20)17-12/h1-7,16,19H,8H2,(H,17,20)(H,18,21). The molecule has 0 bridgehead atoms. The molecule has 0 fully saturated rings. The van der Waals surface area contributed by atoms with Crippen molar-refractivity contribution in [3.63, 3.8) is 0 Å². The van der Waals surface area contributed by atoms with E-state index >= 15 is 0 Å². The molecule has 106 valence electrons. The first-order chi connectivity index (χ1) is 10.1. The van der Waals surface area contributed by atoms with Crippen LogP contribution in [0, 0.1) is 0 Å². The molecule has 0 saturated heterocycles. The Kier molecular flexibility index (Phi) is 3.19. The van der Waals surface area contributed by atoms with Crippen LogP contribution in [0.15, 0.2) is 52.1 Å². The van der Waals surface area contributed by atoms with Crippen molar-refractivity contribution in [2.24, 2.45) is 0 Å². The Labute approximate surface area is 119 Å². The van der Waals surface area contributed by atoms with E-state index in [1.807, 2.05) is 18.2 Å². The van der Waals surface area contributed by atoms with Crippen molar-refractivity contribution in [2.75, 3.05) is 5.32 Å².